The first-order chi connectivity index (χ1) is 8.68. The van der Waals surface area contributed by atoms with E-state index >= 15 is 0 Å². The Morgan fingerprint density at radius 2 is 2.11 bits per heavy atom. The third-order valence-electron chi connectivity index (χ3n) is 2.94. The van der Waals surface area contributed by atoms with Crippen LogP contribution in [0.4, 0.5) is 0 Å². The van der Waals surface area contributed by atoms with Crippen molar-refractivity contribution in [2.75, 3.05) is 0 Å². The molecule has 0 fully saturated rings. The minimum absolute atomic E-state index is 0.313. The summed E-state index contributed by atoms with van der Waals surface area (Å²) in [7, 11) is 0. The molecule has 2 aromatic rings. The van der Waals surface area contributed by atoms with Gasteiger partial charge in [0.05, 0.1) is 6.33 Å². The molecule has 1 heterocycles. The van der Waals surface area contributed by atoms with E-state index in [1.165, 1.54) is 6.33 Å². The number of carboxylic acid groups (broad SMARTS) is 1. The number of nitrogens with zero attached hydrogens (tertiary/aromatic N) is 1. The molecule has 1 aromatic carbocycles. The number of aromatic nitrogens is 2. The van der Waals surface area contributed by atoms with Gasteiger partial charge in [0, 0.05) is 17.8 Å². The summed E-state index contributed by atoms with van der Waals surface area (Å²) in [6.07, 6.45) is 3.72. The molecule has 0 amide bonds. The lowest BCUT2D eigenvalue weighted by Crippen LogP contribution is -2.37. The summed E-state index contributed by atoms with van der Waals surface area (Å²) < 4.78 is 0. The molecule has 5 nitrogen and oxygen atoms in total. The zero-order valence-electron chi connectivity index (χ0n) is 9.78. The minimum Gasteiger partial charge on any atom is -0.480 e. The molecule has 1 aromatic heterocycles. The molecule has 0 radical (unpaired) electrons. The maximum atomic E-state index is 11.1. The molecule has 0 aliphatic rings. The highest BCUT2D eigenvalue weighted by molar-refractivity contribution is 5.74. The third-order valence-corrected chi connectivity index (χ3v) is 2.94. The van der Waals surface area contributed by atoms with Gasteiger partial charge in [0.15, 0.2) is 0 Å². The molecule has 4 N–H and O–H groups in total. The van der Waals surface area contributed by atoms with Crippen LogP contribution >= 0.6 is 0 Å². The highest BCUT2D eigenvalue weighted by Crippen LogP contribution is 2.21. The largest absolute Gasteiger partial charge is 0.480 e. The molecule has 5 heteroatoms. The lowest BCUT2D eigenvalue weighted by atomic mass is 9.90. The molecule has 94 valence electrons. The van der Waals surface area contributed by atoms with Crippen LogP contribution in [-0.4, -0.2) is 27.1 Å². The van der Waals surface area contributed by atoms with E-state index in [0.29, 0.717) is 6.42 Å². The number of benzene rings is 1. The van der Waals surface area contributed by atoms with E-state index < -0.39 is 12.0 Å². The first kappa shape index (κ1) is 12.3. The number of aromatic amines is 1. The van der Waals surface area contributed by atoms with Gasteiger partial charge in [-0.2, -0.15) is 0 Å². The Labute approximate surface area is 105 Å². The summed E-state index contributed by atoms with van der Waals surface area (Å²) in [6.45, 7) is 0. The Kier molecular flexibility index (Phi) is 3.74. The van der Waals surface area contributed by atoms with Crippen molar-refractivity contribution >= 4 is 5.97 Å². The molecular formula is C13H15N3O2. The number of aliphatic carboxylic acids is 1. The Morgan fingerprint density at radius 1 is 1.39 bits per heavy atom. The van der Waals surface area contributed by atoms with Gasteiger partial charge in [-0.3, -0.25) is 4.79 Å². The Balaban J connectivity index is 2.23. The smallest absolute Gasteiger partial charge is 0.321 e. The van der Waals surface area contributed by atoms with Crippen LogP contribution in [0.1, 0.15) is 17.2 Å². The van der Waals surface area contributed by atoms with Crippen molar-refractivity contribution in [1.82, 2.24) is 9.97 Å². The number of carboxylic acids is 1. The third kappa shape index (κ3) is 2.75. The van der Waals surface area contributed by atoms with Gasteiger partial charge in [0.25, 0.3) is 0 Å². The van der Waals surface area contributed by atoms with E-state index in [2.05, 4.69) is 9.97 Å². The summed E-state index contributed by atoms with van der Waals surface area (Å²) in [5.74, 6) is -1.32. The molecule has 0 saturated heterocycles. The second-order valence-corrected chi connectivity index (χ2v) is 4.17. The van der Waals surface area contributed by atoms with Crippen LogP contribution in [0, 0.1) is 0 Å². The summed E-state index contributed by atoms with van der Waals surface area (Å²) in [5.41, 5.74) is 7.55. The molecule has 2 atom stereocenters. The molecular weight excluding hydrogens is 230 g/mol. The zero-order valence-corrected chi connectivity index (χ0v) is 9.78. The van der Waals surface area contributed by atoms with Crippen LogP contribution < -0.4 is 5.73 Å². The van der Waals surface area contributed by atoms with Crippen molar-refractivity contribution in [1.29, 1.82) is 0 Å². The number of hydrogen-bond donors (Lipinski definition) is 3. The quantitative estimate of drug-likeness (QED) is 0.736. The molecule has 0 unspecified atom stereocenters. The average molecular weight is 245 g/mol. The van der Waals surface area contributed by atoms with Crippen molar-refractivity contribution in [3.63, 3.8) is 0 Å². The standard InChI is InChI=1S/C13H15N3O2/c14-12(13(17)18)10(11-7-15-8-16-11)6-9-4-2-1-3-5-9/h1-5,7-8,10,12H,6,14H2,(H,15,16)(H,17,18)/t10-,12+/m1/s1. The number of rotatable bonds is 5. The fourth-order valence-corrected chi connectivity index (χ4v) is 1.94. The van der Waals surface area contributed by atoms with Gasteiger partial charge in [-0.05, 0) is 12.0 Å². The molecule has 0 aliphatic carbocycles. The lowest BCUT2D eigenvalue weighted by Gasteiger charge is -2.19. The molecule has 0 spiro atoms. The predicted octanol–water partition coefficient (Wildman–Crippen LogP) is 1.15. The Morgan fingerprint density at radius 3 is 2.67 bits per heavy atom. The highest BCUT2D eigenvalue weighted by atomic mass is 16.4. The SMILES string of the molecule is N[C@H](C(=O)O)[C@H](Cc1ccccc1)c1cnc[nH]1. The van der Waals surface area contributed by atoms with Crippen molar-refractivity contribution in [2.24, 2.45) is 5.73 Å². The zero-order chi connectivity index (χ0) is 13.0. The van der Waals surface area contributed by atoms with Crippen molar-refractivity contribution < 1.29 is 9.90 Å². The van der Waals surface area contributed by atoms with E-state index in [1.54, 1.807) is 6.20 Å². The predicted molar refractivity (Wildman–Crippen MR) is 67.1 cm³/mol. The van der Waals surface area contributed by atoms with Crippen molar-refractivity contribution in [2.45, 2.75) is 18.4 Å². The fraction of sp³-hybridized carbons (Fsp3) is 0.231. The molecule has 2 rings (SSSR count). The fourth-order valence-electron chi connectivity index (χ4n) is 1.94. The van der Waals surface area contributed by atoms with Gasteiger partial charge in [-0.15, -0.1) is 0 Å². The monoisotopic (exact) mass is 245 g/mol. The van der Waals surface area contributed by atoms with Gasteiger partial charge < -0.3 is 15.8 Å². The number of nitrogens with one attached hydrogen (secondary N) is 1. The second-order valence-electron chi connectivity index (χ2n) is 4.17. The van der Waals surface area contributed by atoms with Gasteiger partial charge in [-0.25, -0.2) is 4.98 Å². The average Bonchev–Trinajstić information content (AvgIpc) is 2.90. The Bertz CT molecular complexity index is 496. The topological polar surface area (TPSA) is 92.0 Å². The summed E-state index contributed by atoms with van der Waals surface area (Å²) in [4.78, 5) is 17.9. The van der Waals surface area contributed by atoms with Crippen molar-refractivity contribution in [3.05, 3.63) is 54.1 Å². The second kappa shape index (κ2) is 5.46. The minimum atomic E-state index is -1.01. The number of nitrogens with two attached hydrogens (primary N) is 1. The summed E-state index contributed by atoms with van der Waals surface area (Å²) in [6, 6.07) is 8.73. The van der Waals surface area contributed by atoms with Gasteiger partial charge in [0.2, 0.25) is 0 Å². The maximum absolute atomic E-state index is 11.1. The van der Waals surface area contributed by atoms with E-state index in [0.717, 1.165) is 11.3 Å². The van der Waals surface area contributed by atoms with E-state index in [-0.39, 0.29) is 5.92 Å². The highest BCUT2D eigenvalue weighted by Gasteiger charge is 2.27. The van der Waals surface area contributed by atoms with Crippen LogP contribution in [0.15, 0.2) is 42.9 Å². The van der Waals surface area contributed by atoms with Crippen LogP contribution in [0.2, 0.25) is 0 Å². The van der Waals surface area contributed by atoms with Gasteiger partial charge >= 0.3 is 5.97 Å². The summed E-state index contributed by atoms with van der Waals surface area (Å²) >= 11 is 0. The number of H-pyrrole nitrogens is 1. The number of carbonyl (C=O) groups is 1. The van der Waals surface area contributed by atoms with E-state index in [4.69, 9.17) is 10.8 Å². The maximum Gasteiger partial charge on any atom is 0.321 e. The van der Waals surface area contributed by atoms with Crippen LogP contribution in [0.25, 0.3) is 0 Å². The molecule has 0 saturated carbocycles. The van der Waals surface area contributed by atoms with E-state index in [1.807, 2.05) is 30.3 Å². The molecule has 0 aliphatic heterocycles. The normalized spacial score (nSPS) is 14.1. The molecule has 0 bridgehead atoms. The van der Waals surface area contributed by atoms with Crippen LogP contribution in [-0.2, 0) is 11.2 Å². The van der Waals surface area contributed by atoms with Crippen molar-refractivity contribution in [3.8, 4) is 0 Å². The number of imidazole rings is 1. The summed E-state index contributed by atoms with van der Waals surface area (Å²) in [5, 5.41) is 9.07. The number of hydrogen-bond acceptors (Lipinski definition) is 3. The molecule has 18 heavy (non-hydrogen) atoms. The first-order valence-corrected chi connectivity index (χ1v) is 5.69. The first-order valence-electron chi connectivity index (χ1n) is 5.69. The lowest BCUT2D eigenvalue weighted by molar-refractivity contribution is -0.139. The van der Waals surface area contributed by atoms with E-state index in [9.17, 15) is 4.79 Å². The van der Waals surface area contributed by atoms with Gasteiger partial charge in [-0.1, -0.05) is 30.3 Å². The van der Waals surface area contributed by atoms with Crippen LogP contribution in [0.3, 0.4) is 0 Å². The Hall–Kier alpha value is -2.14. The van der Waals surface area contributed by atoms with Gasteiger partial charge in [0.1, 0.15) is 6.04 Å². The van der Waals surface area contributed by atoms with Crippen LogP contribution in [0.5, 0.6) is 0 Å².